The highest BCUT2D eigenvalue weighted by molar-refractivity contribution is 5.97. The minimum Gasteiger partial charge on any atom is -0.348 e. The first-order chi connectivity index (χ1) is 15.7. The molecule has 3 rings (SSSR count). The Labute approximate surface area is 206 Å². The average molecular weight is 466 g/mol. The molecule has 5 nitrogen and oxygen atoms in total. The molecule has 0 aliphatic carbocycles. The van der Waals surface area contributed by atoms with E-state index in [-0.39, 0.29) is 22.5 Å². The fraction of sp³-hybridized carbons (Fsp3) is 0.552. The number of nitrogens with zero attached hydrogens (tertiary/aromatic N) is 3. The fourth-order valence-electron chi connectivity index (χ4n) is 3.71. The van der Waals surface area contributed by atoms with Gasteiger partial charge in [-0.05, 0) is 37.2 Å². The summed E-state index contributed by atoms with van der Waals surface area (Å²) in [6.45, 7) is 22.2. The molecular formula is C29H43N3O2. The smallest absolute Gasteiger partial charge is 0.230 e. The SMILES string of the molecule is CC(c1nc(-c2ccccc2)no1)C(C)(C)C.CCCn1c(C)cc(C(=O)CC(C)(C)C)c1C. The van der Waals surface area contributed by atoms with Crippen LogP contribution >= 0.6 is 0 Å². The Hall–Kier alpha value is -2.69. The van der Waals surface area contributed by atoms with Gasteiger partial charge < -0.3 is 9.09 Å². The van der Waals surface area contributed by atoms with E-state index in [9.17, 15) is 4.79 Å². The summed E-state index contributed by atoms with van der Waals surface area (Å²) in [4.78, 5) is 16.7. The summed E-state index contributed by atoms with van der Waals surface area (Å²) in [5.41, 5.74) is 4.40. The third kappa shape index (κ3) is 7.41. The Kier molecular flexibility index (Phi) is 9.04. The van der Waals surface area contributed by atoms with Crippen LogP contribution in [0.2, 0.25) is 0 Å². The van der Waals surface area contributed by atoms with E-state index in [0.717, 1.165) is 29.8 Å². The summed E-state index contributed by atoms with van der Waals surface area (Å²) in [6.07, 6.45) is 1.71. The first kappa shape index (κ1) is 27.6. The van der Waals surface area contributed by atoms with Gasteiger partial charge in [-0.25, -0.2) is 0 Å². The van der Waals surface area contributed by atoms with Gasteiger partial charge in [-0.15, -0.1) is 0 Å². The molecular weight excluding hydrogens is 422 g/mol. The highest BCUT2D eigenvalue weighted by atomic mass is 16.5. The standard InChI is InChI=1S/C15H25NO.C14H18N2O/c1-7-8-16-11(2)9-13(12(16)3)14(17)10-15(4,5)6;1-10(14(2,3)4)13-15-12(16-17-13)11-8-6-5-7-9-11/h9H,7-8,10H2,1-6H3;5-10H,1-4H3. The van der Waals surface area contributed by atoms with Crippen LogP contribution in [-0.4, -0.2) is 20.5 Å². The molecule has 2 aromatic heterocycles. The van der Waals surface area contributed by atoms with Crippen LogP contribution in [0, 0.1) is 24.7 Å². The van der Waals surface area contributed by atoms with Gasteiger partial charge in [0.2, 0.25) is 11.7 Å². The molecule has 0 spiro atoms. The quantitative estimate of drug-likeness (QED) is 0.346. The van der Waals surface area contributed by atoms with Crippen LogP contribution < -0.4 is 0 Å². The van der Waals surface area contributed by atoms with Gasteiger partial charge in [0.15, 0.2) is 5.78 Å². The van der Waals surface area contributed by atoms with Crippen LogP contribution in [0.1, 0.15) is 102 Å². The van der Waals surface area contributed by atoms with E-state index in [2.05, 4.69) is 83.9 Å². The van der Waals surface area contributed by atoms with Crippen molar-refractivity contribution in [1.82, 2.24) is 14.7 Å². The number of hydrogen-bond donors (Lipinski definition) is 0. The van der Waals surface area contributed by atoms with Crippen LogP contribution in [0.25, 0.3) is 11.4 Å². The molecule has 0 amide bonds. The molecule has 0 saturated heterocycles. The summed E-state index contributed by atoms with van der Waals surface area (Å²) in [5, 5.41) is 4.03. The molecule has 1 atom stereocenters. The number of rotatable bonds is 6. The zero-order valence-corrected chi connectivity index (χ0v) is 22.8. The van der Waals surface area contributed by atoms with Gasteiger partial charge in [-0.3, -0.25) is 4.79 Å². The zero-order chi connectivity index (χ0) is 25.7. The van der Waals surface area contributed by atoms with Gasteiger partial charge in [-0.1, -0.05) is 90.9 Å². The monoisotopic (exact) mass is 465 g/mol. The maximum atomic E-state index is 12.2. The Morgan fingerprint density at radius 2 is 1.68 bits per heavy atom. The van der Waals surface area contributed by atoms with Gasteiger partial charge in [0.25, 0.3) is 0 Å². The molecule has 3 aromatic rings. The summed E-state index contributed by atoms with van der Waals surface area (Å²) >= 11 is 0. The van der Waals surface area contributed by atoms with Crippen molar-refractivity contribution in [2.45, 2.75) is 94.5 Å². The number of Topliss-reactive ketones (excluding diaryl/α,β-unsaturated/α-hetero) is 1. The van der Waals surface area contributed by atoms with Crippen LogP contribution in [0.4, 0.5) is 0 Å². The van der Waals surface area contributed by atoms with Crippen molar-refractivity contribution in [2.24, 2.45) is 10.8 Å². The van der Waals surface area contributed by atoms with E-state index in [0.29, 0.717) is 18.1 Å². The zero-order valence-electron chi connectivity index (χ0n) is 22.8. The lowest BCUT2D eigenvalue weighted by atomic mass is 9.82. The highest BCUT2D eigenvalue weighted by Gasteiger charge is 2.27. The Balaban J connectivity index is 0.000000240. The van der Waals surface area contributed by atoms with E-state index >= 15 is 0 Å². The van der Waals surface area contributed by atoms with Gasteiger partial charge >= 0.3 is 0 Å². The first-order valence-corrected chi connectivity index (χ1v) is 12.3. The molecule has 0 saturated carbocycles. The number of carbonyl (C=O) groups is 1. The molecule has 2 heterocycles. The lowest BCUT2D eigenvalue weighted by molar-refractivity contribution is 0.0939. The summed E-state index contributed by atoms with van der Waals surface area (Å²) in [7, 11) is 0. The van der Waals surface area contributed by atoms with Gasteiger partial charge in [0.1, 0.15) is 0 Å². The van der Waals surface area contributed by atoms with Crippen molar-refractivity contribution >= 4 is 5.78 Å². The Bertz CT molecular complexity index is 1060. The highest BCUT2D eigenvalue weighted by Crippen LogP contribution is 2.34. The number of ketones is 1. The first-order valence-electron chi connectivity index (χ1n) is 12.3. The van der Waals surface area contributed by atoms with E-state index in [1.54, 1.807) is 0 Å². The second-order valence-electron chi connectivity index (χ2n) is 11.5. The minimum atomic E-state index is 0.0598. The third-order valence-electron chi connectivity index (χ3n) is 6.16. The summed E-state index contributed by atoms with van der Waals surface area (Å²) in [5.74, 6) is 1.88. The number of carbonyl (C=O) groups excluding carboxylic acids is 1. The second-order valence-corrected chi connectivity index (χ2v) is 11.5. The van der Waals surface area contributed by atoms with E-state index in [1.807, 2.05) is 36.4 Å². The molecule has 0 N–H and O–H groups in total. The van der Waals surface area contributed by atoms with Crippen LogP contribution in [0.3, 0.4) is 0 Å². The molecule has 0 bridgehead atoms. The number of hydrogen-bond acceptors (Lipinski definition) is 4. The average Bonchev–Trinajstić information content (AvgIpc) is 3.33. The van der Waals surface area contributed by atoms with E-state index in [4.69, 9.17) is 4.52 Å². The predicted octanol–water partition coefficient (Wildman–Crippen LogP) is 8.02. The second kappa shape index (κ2) is 11.2. The molecule has 1 aromatic carbocycles. The maximum Gasteiger partial charge on any atom is 0.230 e. The van der Waals surface area contributed by atoms with Crippen LogP contribution in [-0.2, 0) is 6.54 Å². The van der Waals surface area contributed by atoms with Gasteiger partial charge in [0.05, 0.1) is 0 Å². The van der Waals surface area contributed by atoms with Crippen molar-refractivity contribution in [2.75, 3.05) is 0 Å². The van der Waals surface area contributed by atoms with E-state index < -0.39 is 0 Å². The van der Waals surface area contributed by atoms with Crippen LogP contribution in [0.15, 0.2) is 40.9 Å². The predicted molar refractivity (Wildman–Crippen MR) is 140 cm³/mol. The fourth-order valence-corrected chi connectivity index (χ4v) is 3.71. The lowest BCUT2D eigenvalue weighted by Crippen LogP contribution is -2.15. The van der Waals surface area contributed by atoms with Crippen molar-refractivity contribution in [3.05, 3.63) is 59.2 Å². The van der Waals surface area contributed by atoms with E-state index in [1.165, 1.54) is 5.69 Å². The molecule has 5 heteroatoms. The van der Waals surface area contributed by atoms with Gasteiger partial charge in [0, 0.05) is 41.4 Å². The van der Waals surface area contributed by atoms with Crippen molar-refractivity contribution in [3.63, 3.8) is 0 Å². The Morgan fingerprint density at radius 3 is 2.21 bits per heavy atom. The molecule has 186 valence electrons. The summed E-state index contributed by atoms with van der Waals surface area (Å²) in [6, 6.07) is 11.9. The molecule has 1 unspecified atom stereocenters. The normalized spacial score (nSPS) is 12.8. The third-order valence-corrected chi connectivity index (χ3v) is 6.16. The molecule has 0 aliphatic rings. The lowest BCUT2D eigenvalue weighted by Gasteiger charge is -2.23. The molecule has 34 heavy (non-hydrogen) atoms. The molecule has 0 radical (unpaired) electrons. The largest absolute Gasteiger partial charge is 0.348 e. The van der Waals surface area contributed by atoms with Crippen LogP contribution in [0.5, 0.6) is 0 Å². The van der Waals surface area contributed by atoms with Crippen molar-refractivity contribution < 1.29 is 9.32 Å². The minimum absolute atomic E-state index is 0.0598. The summed E-state index contributed by atoms with van der Waals surface area (Å²) < 4.78 is 7.59. The number of aryl methyl sites for hydroxylation is 1. The number of aromatic nitrogens is 3. The topological polar surface area (TPSA) is 60.9 Å². The molecule has 0 fully saturated rings. The Morgan fingerprint density at radius 1 is 1.06 bits per heavy atom. The van der Waals surface area contributed by atoms with Crippen molar-refractivity contribution in [1.29, 1.82) is 0 Å². The van der Waals surface area contributed by atoms with Crippen molar-refractivity contribution in [3.8, 4) is 11.4 Å². The van der Waals surface area contributed by atoms with Gasteiger partial charge in [-0.2, -0.15) is 4.98 Å². The number of benzene rings is 1. The molecule has 0 aliphatic heterocycles. The maximum absolute atomic E-state index is 12.2.